The number of anilines is 1. The lowest BCUT2D eigenvalue weighted by atomic mass is 10.0. The van der Waals surface area contributed by atoms with E-state index < -0.39 is 11.7 Å². The molecule has 2 rings (SSSR count). The Balaban J connectivity index is 1.92. The molecule has 0 aliphatic carbocycles. The van der Waals surface area contributed by atoms with Gasteiger partial charge in [-0.3, -0.25) is 0 Å². The van der Waals surface area contributed by atoms with Crippen molar-refractivity contribution in [2.45, 2.75) is 45.2 Å². The van der Waals surface area contributed by atoms with Crippen LogP contribution in [0.25, 0.3) is 0 Å². The quantitative estimate of drug-likeness (QED) is 0.529. The molecule has 0 spiro atoms. The molecular formula is C17H22F3N. The molecule has 0 aromatic heterocycles. The third-order valence-corrected chi connectivity index (χ3v) is 3.96. The lowest BCUT2D eigenvalue weighted by molar-refractivity contribution is -0.137. The predicted molar refractivity (Wildman–Crippen MR) is 80.5 cm³/mol. The van der Waals surface area contributed by atoms with Crippen LogP contribution in [-0.4, -0.2) is 13.1 Å². The summed E-state index contributed by atoms with van der Waals surface area (Å²) in [5.74, 6) is 0. The van der Waals surface area contributed by atoms with Gasteiger partial charge in [-0.15, -0.1) is 0 Å². The number of hydrogen-bond acceptors (Lipinski definition) is 1. The number of benzene rings is 1. The first kappa shape index (κ1) is 15.9. The van der Waals surface area contributed by atoms with Gasteiger partial charge in [0.1, 0.15) is 0 Å². The van der Waals surface area contributed by atoms with Crippen molar-refractivity contribution in [1.29, 1.82) is 0 Å². The van der Waals surface area contributed by atoms with Crippen LogP contribution < -0.4 is 4.90 Å². The van der Waals surface area contributed by atoms with E-state index in [4.69, 9.17) is 0 Å². The molecule has 1 aromatic carbocycles. The predicted octanol–water partition coefficient (Wildman–Crippen LogP) is 5.42. The van der Waals surface area contributed by atoms with Gasteiger partial charge in [0, 0.05) is 18.8 Å². The van der Waals surface area contributed by atoms with E-state index in [1.54, 1.807) is 12.1 Å². The highest BCUT2D eigenvalue weighted by Crippen LogP contribution is 2.31. The first-order valence-electron chi connectivity index (χ1n) is 7.61. The number of allylic oxidation sites excluding steroid dienone is 1. The van der Waals surface area contributed by atoms with Crippen LogP contribution in [0.1, 0.15) is 44.6 Å². The zero-order valence-electron chi connectivity index (χ0n) is 12.4. The summed E-state index contributed by atoms with van der Waals surface area (Å²) in [6, 6.07) is 5.49. The summed E-state index contributed by atoms with van der Waals surface area (Å²) in [7, 11) is 0. The molecule has 1 heterocycles. The Bertz CT molecular complexity index is 464. The molecule has 0 bridgehead atoms. The van der Waals surface area contributed by atoms with Crippen molar-refractivity contribution < 1.29 is 13.2 Å². The molecule has 0 atom stereocenters. The lowest BCUT2D eigenvalue weighted by Gasteiger charge is -2.30. The molecule has 4 heteroatoms. The fourth-order valence-corrected chi connectivity index (χ4v) is 2.63. The fraction of sp³-hybridized carbons (Fsp3) is 0.529. The SMILES string of the molecule is CCCCC=C1CCN(c2ccc(C(F)(F)F)cc2)CC1. The fourth-order valence-electron chi connectivity index (χ4n) is 2.63. The van der Waals surface area contributed by atoms with Gasteiger partial charge >= 0.3 is 6.18 Å². The van der Waals surface area contributed by atoms with E-state index in [9.17, 15) is 13.2 Å². The van der Waals surface area contributed by atoms with Crippen LogP contribution in [0.5, 0.6) is 0 Å². The van der Waals surface area contributed by atoms with E-state index in [1.165, 1.54) is 30.5 Å². The summed E-state index contributed by atoms with van der Waals surface area (Å²) in [5.41, 5.74) is 1.80. The number of piperidine rings is 1. The van der Waals surface area contributed by atoms with E-state index >= 15 is 0 Å². The van der Waals surface area contributed by atoms with Crippen LogP contribution in [-0.2, 0) is 6.18 Å². The van der Waals surface area contributed by atoms with Gasteiger partial charge in [-0.1, -0.05) is 31.4 Å². The molecule has 0 amide bonds. The minimum atomic E-state index is -4.25. The minimum Gasteiger partial charge on any atom is -0.371 e. The monoisotopic (exact) mass is 297 g/mol. The second kappa shape index (κ2) is 7.01. The van der Waals surface area contributed by atoms with Gasteiger partial charge in [-0.05, 0) is 43.5 Å². The first-order chi connectivity index (χ1) is 10.0. The zero-order valence-corrected chi connectivity index (χ0v) is 12.4. The Labute approximate surface area is 124 Å². The van der Waals surface area contributed by atoms with Crippen molar-refractivity contribution in [2.24, 2.45) is 0 Å². The number of unbranched alkanes of at least 4 members (excludes halogenated alkanes) is 2. The van der Waals surface area contributed by atoms with Crippen molar-refractivity contribution in [2.75, 3.05) is 18.0 Å². The van der Waals surface area contributed by atoms with Crippen molar-refractivity contribution in [3.05, 3.63) is 41.5 Å². The summed E-state index contributed by atoms with van der Waals surface area (Å²) >= 11 is 0. The van der Waals surface area contributed by atoms with Crippen molar-refractivity contribution >= 4 is 5.69 Å². The number of alkyl halides is 3. The van der Waals surface area contributed by atoms with E-state index in [-0.39, 0.29) is 0 Å². The molecule has 116 valence electrons. The molecule has 0 N–H and O–H groups in total. The van der Waals surface area contributed by atoms with Crippen molar-refractivity contribution in [3.8, 4) is 0 Å². The lowest BCUT2D eigenvalue weighted by Crippen LogP contribution is -2.30. The number of rotatable bonds is 4. The van der Waals surface area contributed by atoms with Gasteiger partial charge in [-0.2, -0.15) is 13.2 Å². The molecule has 0 unspecified atom stereocenters. The molecule has 1 aromatic rings. The smallest absolute Gasteiger partial charge is 0.371 e. The molecule has 1 nitrogen and oxygen atoms in total. The zero-order chi connectivity index (χ0) is 15.3. The topological polar surface area (TPSA) is 3.24 Å². The van der Waals surface area contributed by atoms with Crippen molar-refractivity contribution in [3.63, 3.8) is 0 Å². The molecule has 1 saturated heterocycles. The third kappa shape index (κ3) is 4.51. The summed E-state index contributed by atoms with van der Waals surface area (Å²) in [6.45, 7) is 3.97. The van der Waals surface area contributed by atoms with Gasteiger partial charge < -0.3 is 4.90 Å². The second-order valence-electron chi connectivity index (χ2n) is 5.54. The number of nitrogens with zero attached hydrogens (tertiary/aromatic N) is 1. The number of halogens is 3. The van der Waals surface area contributed by atoms with Crippen LogP contribution >= 0.6 is 0 Å². The molecule has 1 aliphatic heterocycles. The molecule has 1 fully saturated rings. The summed E-state index contributed by atoms with van der Waals surface area (Å²) in [4.78, 5) is 2.16. The average molecular weight is 297 g/mol. The third-order valence-electron chi connectivity index (χ3n) is 3.96. The minimum absolute atomic E-state index is 0.580. The van der Waals surface area contributed by atoms with Crippen LogP contribution in [0, 0.1) is 0 Å². The van der Waals surface area contributed by atoms with Crippen molar-refractivity contribution in [1.82, 2.24) is 0 Å². The Kier molecular flexibility index (Phi) is 5.32. The Morgan fingerprint density at radius 3 is 2.24 bits per heavy atom. The maximum atomic E-state index is 12.5. The highest BCUT2D eigenvalue weighted by atomic mass is 19.4. The van der Waals surface area contributed by atoms with Gasteiger partial charge in [0.2, 0.25) is 0 Å². The van der Waals surface area contributed by atoms with Crippen LogP contribution in [0.15, 0.2) is 35.9 Å². The van der Waals surface area contributed by atoms with E-state index in [0.29, 0.717) is 0 Å². The standard InChI is InChI=1S/C17H22F3N/c1-2-3-4-5-14-10-12-21(13-11-14)16-8-6-15(7-9-16)17(18,19)20/h5-9H,2-4,10-13H2,1H3. The summed E-state index contributed by atoms with van der Waals surface area (Å²) in [6.07, 6.45) is 3.71. The van der Waals surface area contributed by atoms with Gasteiger partial charge in [0.25, 0.3) is 0 Å². The van der Waals surface area contributed by atoms with Gasteiger partial charge in [-0.25, -0.2) is 0 Å². The van der Waals surface area contributed by atoms with Crippen LogP contribution in [0.3, 0.4) is 0 Å². The molecular weight excluding hydrogens is 275 g/mol. The largest absolute Gasteiger partial charge is 0.416 e. The highest BCUT2D eigenvalue weighted by molar-refractivity contribution is 5.49. The Morgan fingerprint density at radius 1 is 1.10 bits per heavy atom. The maximum absolute atomic E-state index is 12.5. The van der Waals surface area contributed by atoms with Crippen LogP contribution in [0.4, 0.5) is 18.9 Å². The summed E-state index contributed by atoms with van der Waals surface area (Å²) < 4.78 is 37.6. The van der Waals surface area contributed by atoms with Crippen LogP contribution in [0.2, 0.25) is 0 Å². The second-order valence-corrected chi connectivity index (χ2v) is 5.54. The molecule has 21 heavy (non-hydrogen) atoms. The van der Waals surface area contributed by atoms with Gasteiger partial charge in [0.05, 0.1) is 5.56 Å². The number of hydrogen-bond donors (Lipinski definition) is 0. The first-order valence-corrected chi connectivity index (χ1v) is 7.61. The van der Waals surface area contributed by atoms with E-state index in [2.05, 4.69) is 17.9 Å². The summed E-state index contributed by atoms with van der Waals surface area (Å²) in [5, 5.41) is 0. The molecule has 0 saturated carbocycles. The highest BCUT2D eigenvalue weighted by Gasteiger charge is 2.30. The van der Waals surface area contributed by atoms with Gasteiger partial charge in [0.15, 0.2) is 0 Å². The van der Waals surface area contributed by atoms with E-state index in [0.717, 1.165) is 38.0 Å². The van der Waals surface area contributed by atoms with E-state index in [1.807, 2.05) is 0 Å². The Morgan fingerprint density at radius 2 is 1.71 bits per heavy atom. The Hall–Kier alpha value is -1.45. The molecule has 0 radical (unpaired) electrons. The average Bonchev–Trinajstić information content (AvgIpc) is 2.48. The normalized spacial score (nSPS) is 16.2. The maximum Gasteiger partial charge on any atom is 0.416 e. The molecule has 1 aliphatic rings.